The van der Waals surface area contributed by atoms with Gasteiger partial charge in [0.05, 0.1) is 36.4 Å². The van der Waals surface area contributed by atoms with Gasteiger partial charge in [0.1, 0.15) is 17.5 Å². The average molecular weight is 548 g/mol. The standard InChI is InChI=1S/C28H25N3O7S/c1-37-19-10-12-20(13-11-19)39(35,36)31-23-14-9-18(17-29)16-22(23)28(27(31)34,21-6-3-4-8-25(21)38-2)30-15-5-7-24(30)26(32)33/h3-4,6,8-14,16,24H,5,7,15H2,1-2H3,(H,32,33)/t24-,28?/m0/s1. The lowest BCUT2D eigenvalue weighted by Crippen LogP contribution is -2.58. The normalized spacial score (nSPS) is 20.9. The van der Waals surface area contributed by atoms with Crippen molar-refractivity contribution >= 4 is 27.6 Å². The van der Waals surface area contributed by atoms with Crippen molar-refractivity contribution in [2.24, 2.45) is 0 Å². The third-order valence-corrected chi connectivity index (χ3v) is 9.00. The number of ether oxygens (including phenoxy) is 2. The highest BCUT2D eigenvalue weighted by Crippen LogP contribution is 2.54. The number of nitriles is 1. The fraction of sp³-hybridized carbons (Fsp3) is 0.250. The zero-order valence-electron chi connectivity index (χ0n) is 21.2. The number of methoxy groups -OCH3 is 2. The number of nitrogens with zero attached hydrogens (tertiary/aromatic N) is 3. The minimum atomic E-state index is -4.48. The van der Waals surface area contributed by atoms with Crippen molar-refractivity contribution in [3.8, 4) is 17.6 Å². The Bertz CT molecular complexity index is 1610. The Morgan fingerprint density at radius 1 is 1.05 bits per heavy atom. The molecule has 2 aliphatic rings. The van der Waals surface area contributed by atoms with Gasteiger partial charge in [-0.05, 0) is 61.4 Å². The van der Waals surface area contributed by atoms with Crippen LogP contribution in [0.15, 0.2) is 71.6 Å². The number of carbonyl (C=O) groups is 2. The summed E-state index contributed by atoms with van der Waals surface area (Å²) >= 11 is 0. The first-order valence-electron chi connectivity index (χ1n) is 12.1. The van der Waals surface area contributed by atoms with E-state index in [4.69, 9.17) is 9.47 Å². The van der Waals surface area contributed by atoms with Gasteiger partial charge in [-0.3, -0.25) is 14.5 Å². The third kappa shape index (κ3) is 3.83. The van der Waals surface area contributed by atoms with Gasteiger partial charge in [0.25, 0.3) is 15.9 Å². The first-order valence-corrected chi connectivity index (χ1v) is 13.6. The monoisotopic (exact) mass is 547 g/mol. The molecule has 2 heterocycles. The molecule has 2 aliphatic heterocycles. The molecule has 1 unspecified atom stereocenters. The fourth-order valence-corrected chi connectivity index (χ4v) is 7.06. The molecular formula is C28H25N3O7S. The van der Waals surface area contributed by atoms with Crippen LogP contribution in [-0.2, 0) is 25.2 Å². The van der Waals surface area contributed by atoms with Crippen molar-refractivity contribution in [3.63, 3.8) is 0 Å². The summed E-state index contributed by atoms with van der Waals surface area (Å²) in [6.45, 7) is 0.202. The van der Waals surface area contributed by atoms with Crippen LogP contribution in [0.5, 0.6) is 11.5 Å². The number of amides is 1. The molecule has 0 spiro atoms. The molecule has 11 heteroatoms. The van der Waals surface area contributed by atoms with Crippen molar-refractivity contribution in [2.45, 2.75) is 29.3 Å². The van der Waals surface area contributed by atoms with Crippen molar-refractivity contribution in [3.05, 3.63) is 83.4 Å². The van der Waals surface area contributed by atoms with Crippen molar-refractivity contribution in [1.82, 2.24) is 4.90 Å². The predicted octanol–water partition coefficient (Wildman–Crippen LogP) is 3.10. The molecule has 39 heavy (non-hydrogen) atoms. The van der Waals surface area contributed by atoms with Crippen LogP contribution in [0.3, 0.4) is 0 Å². The third-order valence-electron chi connectivity index (χ3n) is 7.29. The van der Waals surface area contributed by atoms with E-state index < -0.39 is 33.5 Å². The van der Waals surface area contributed by atoms with E-state index in [1.165, 1.54) is 61.6 Å². The van der Waals surface area contributed by atoms with E-state index in [2.05, 4.69) is 6.07 Å². The molecule has 1 amide bonds. The zero-order chi connectivity index (χ0) is 27.9. The quantitative estimate of drug-likeness (QED) is 0.473. The van der Waals surface area contributed by atoms with Crippen LogP contribution in [0.4, 0.5) is 5.69 Å². The average Bonchev–Trinajstić information content (AvgIpc) is 3.54. The first kappa shape index (κ1) is 26.2. The summed E-state index contributed by atoms with van der Waals surface area (Å²) in [7, 11) is -1.61. The van der Waals surface area contributed by atoms with Crippen molar-refractivity contribution < 1.29 is 32.6 Å². The summed E-state index contributed by atoms with van der Waals surface area (Å²) in [5.41, 5.74) is -1.18. The van der Waals surface area contributed by atoms with Crippen LogP contribution in [0.25, 0.3) is 0 Å². The second-order valence-electron chi connectivity index (χ2n) is 9.19. The van der Waals surface area contributed by atoms with E-state index >= 15 is 0 Å². The molecule has 0 bridgehead atoms. The second kappa shape index (κ2) is 9.72. The molecule has 0 radical (unpaired) electrons. The molecule has 5 rings (SSSR count). The molecule has 0 saturated carbocycles. The molecule has 1 fully saturated rings. The number of hydrogen-bond donors (Lipinski definition) is 1. The first-order chi connectivity index (χ1) is 18.7. The van der Waals surface area contributed by atoms with E-state index in [1.807, 2.05) is 0 Å². The molecule has 0 aromatic heterocycles. The summed E-state index contributed by atoms with van der Waals surface area (Å²) in [5, 5.41) is 19.9. The van der Waals surface area contributed by atoms with E-state index in [9.17, 15) is 28.4 Å². The Hall–Kier alpha value is -4.40. The van der Waals surface area contributed by atoms with Gasteiger partial charge >= 0.3 is 5.97 Å². The van der Waals surface area contributed by atoms with Gasteiger partial charge in [-0.25, -0.2) is 12.7 Å². The number of rotatable bonds is 7. The lowest BCUT2D eigenvalue weighted by Gasteiger charge is -2.40. The Morgan fingerprint density at radius 3 is 2.41 bits per heavy atom. The van der Waals surface area contributed by atoms with Crippen LogP contribution in [0, 0.1) is 11.3 Å². The van der Waals surface area contributed by atoms with E-state index in [0.717, 1.165) is 4.31 Å². The Balaban J connectivity index is 1.86. The summed E-state index contributed by atoms with van der Waals surface area (Å²) < 4.78 is 39.7. The van der Waals surface area contributed by atoms with Gasteiger partial charge in [0.15, 0.2) is 5.54 Å². The Morgan fingerprint density at radius 2 is 1.77 bits per heavy atom. The van der Waals surface area contributed by atoms with Gasteiger partial charge in [0, 0.05) is 17.7 Å². The number of anilines is 1. The zero-order valence-corrected chi connectivity index (χ0v) is 22.0. The van der Waals surface area contributed by atoms with Crippen molar-refractivity contribution in [2.75, 3.05) is 25.1 Å². The van der Waals surface area contributed by atoms with Gasteiger partial charge in [-0.2, -0.15) is 5.26 Å². The number of carboxylic acids is 1. The molecule has 1 saturated heterocycles. The summed E-state index contributed by atoms with van der Waals surface area (Å²) in [6, 6.07) is 17.5. The van der Waals surface area contributed by atoms with E-state index in [1.54, 1.807) is 24.3 Å². The molecule has 200 valence electrons. The Labute approximate surface area is 225 Å². The maximum absolute atomic E-state index is 14.8. The second-order valence-corrected chi connectivity index (χ2v) is 11.0. The number of carbonyl (C=O) groups excluding carboxylic acids is 1. The highest BCUT2D eigenvalue weighted by Gasteiger charge is 2.63. The molecule has 10 nitrogen and oxygen atoms in total. The number of fused-ring (bicyclic) bond motifs is 1. The van der Waals surface area contributed by atoms with Crippen molar-refractivity contribution in [1.29, 1.82) is 5.26 Å². The van der Waals surface area contributed by atoms with Crippen LogP contribution in [-0.4, -0.2) is 57.1 Å². The Kier molecular flexibility index (Phi) is 6.54. The summed E-state index contributed by atoms with van der Waals surface area (Å²) in [5.74, 6) is -1.30. The summed E-state index contributed by atoms with van der Waals surface area (Å²) in [6.07, 6.45) is 0.734. The minimum Gasteiger partial charge on any atom is -0.497 e. The van der Waals surface area contributed by atoms with Crippen LogP contribution >= 0.6 is 0 Å². The molecule has 0 aliphatic carbocycles. The van der Waals surface area contributed by atoms with Crippen LogP contribution in [0.2, 0.25) is 0 Å². The van der Waals surface area contributed by atoms with Gasteiger partial charge in [-0.1, -0.05) is 18.2 Å². The number of carboxylic acid groups (broad SMARTS) is 1. The smallest absolute Gasteiger partial charge is 0.320 e. The highest BCUT2D eigenvalue weighted by molar-refractivity contribution is 7.93. The molecular weight excluding hydrogens is 522 g/mol. The number of likely N-dealkylation sites (tertiary alicyclic amines) is 1. The lowest BCUT2D eigenvalue weighted by atomic mass is 9.80. The molecule has 2 atom stereocenters. The molecule has 1 N–H and O–H groups in total. The maximum Gasteiger partial charge on any atom is 0.320 e. The van der Waals surface area contributed by atoms with E-state index in [-0.39, 0.29) is 46.0 Å². The topological polar surface area (TPSA) is 137 Å². The molecule has 3 aromatic rings. The fourth-order valence-electron chi connectivity index (χ4n) is 5.60. The minimum absolute atomic E-state index is 0.0387. The SMILES string of the molecule is COc1ccc(S(=O)(=O)N2C(=O)C(c3ccccc3OC)(N3CCC[C@H]3C(=O)O)c3cc(C#N)ccc32)cc1. The maximum atomic E-state index is 14.8. The summed E-state index contributed by atoms with van der Waals surface area (Å²) in [4.78, 5) is 28.6. The van der Waals surface area contributed by atoms with Gasteiger partial charge in [0.2, 0.25) is 0 Å². The number of aliphatic carboxylic acids is 1. The highest BCUT2D eigenvalue weighted by atomic mass is 32.2. The predicted molar refractivity (Wildman–Crippen MR) is 140 cm³/mol. The lowest BCUT2D eigenvalue weighted by molar-refractivity contribution is -0.145. The van der Waals surface area contributed by atoms with Gasteiger partial charge < -0.3 is 14.6 Å². The largest absolute Gasteiger partial charge is 0.497 e. The van der Waals surface area contributed by atoms with Gasteiger partial charge in [-0.15, -0.1) is 0 Å². The molecule has 3 aromatic carbocycles. The van der Waals surface area contributed by atoms with Crippen LogP contribution in [0.1, 0.15) is 29.5 Å². The van der Waals surface area contributed by atoms with E-state index in [0.29, 0.717) is 12.2 Å². The number of hydrogen-bond acceptors (Lipinski definition) is 8. The van der Waals surface area contributed by atoms with Crippen LogP contribution < -0.4 is 13.8 Å². The number of sulfonamides is 1. The number of para-hydroxylation sites is 1. The number of benzene rings is 3.